The van der Waals surface area contributed by atoms with Crippen molar-refractivity contribution in [2.75, 3.05) is 103 Å². The number of primary amides is 1. The average Bonchev–Trinajstić information content (AvgIpc) is 4.29. The molecule has 16 nitrogen and oxygen atoms in total. The molecule has 0 bridgehead atoms. The Balaban J connectivity index is 0.00000330. The highest BCUT2D eigenvalue weighted by atomic mass is 35.5. The topological polar surface area (TPSA) is 186 Å². The number of halogens is 5. The lowest BCUT2D eigenvalue weighted by atomic mass is 9.73. The number of carbonyl (C=O) groups is 4. The third-order valence-electron chi connectivity index (χ3n) is 18.3. The van der Waals surface area contributed by atoms with Gasteiger partial charge in [0, 0.05) is 130 Å². The standard InChI is InChI=1S/C62H82F2N10O6.3ClH/c1-38-30-73(51(28-66-38)32-71-19-21-79-34-40(71)3)42(5)57(75)61(59(65)77)36-68-55-27-47(12-17-53(55)61)25-50(24-45-9-15-49(64)16-10-45)70-60(78)62(37-69-56-26-46(11-18-54(56)62)23-44-7-13-48(63)14-8-44)58(76)43(6)74-31-39(2)67-29-52(74)33-72-20-22-80-35-41(72)4;;;/h7-18,26-27,38-43,50-52,66-69H,19-25,28-37H2,1-6H3,(H2,65,77)(H,70,78);3*1H/t38-,39-,40-,41-,42?,43?,50?,51-,52-,61?,62?;;;/m1.../s1. The molecule has 4 fully saturated rings. The lowest BCUT2D eigenvalue weighted by Gasteiger charge is -2.47. The summed E-state index contributed by atoms with van der Waals surface area (Å²) in [6, 6.07) is 22.9. The molecule has 10 rings (SSSR count). The molecule has 0 radical (unpaired) electrons. The van der Waals surface area contributed by atoms with Gasteiger partial charge in [0.25, 0.3) is 0 Å². The van der Waals surface area contributed by atoms with E-state index >= 15 is 14.4 Å². The summed E-state index contributed by atoms with van der Waals surface area (Å²) in [5, 5.41) is 17.6. The summed E-state index contributed by atoms with van der Waals surface area (Å²) in [5.41, 5.74) is 8.89. The molecule has 0 saturated carbocycles. The van der Waals surface area contributed by atoms with E-state index in [1.807, 2.05) is 50.2 Å². The maximum Gasteiger partial charge on any atom is 0.240 e. The van der Waals surface area contributed by atoms with Gasteiger partial charge in [0.05, 0.1) is 38.5 Å². The van der Waals surface area contributed by atoms with Gasteiger partial charge in [-0.05, 0) is 119 Å². The number of rotatable bonds is 19. The van der Waals surface area contributed by atoms with E-state index in [2.05, 4.69) is 73.9 Å². The predicted molar refractivity (Wildman–Crippen MR) is 328 cm³/mol. The van der Waals surface area contributed by atoms with Crippen molar-refractivity contribution in [1.29, 1.82) is 0 Å². The number of nitrogens with two attached hydrogens (primary N) is 1. The molecule has 6 aliphatic heterocycles. The summed E-state index contributed by atoms with van der Waals surface area (Å²) in [7, 11) is 0. The molecule has 4 aromatic rings. The van der Waals surface area contributed by atoms with Gasteiger partial charge in [-0.2, -0.15) is 0 Å². The molecule has 7 N–H and O–H groups in total. The van der Waals surface area contributed by atoms with Crippen molar-refractivity contribution in [2.45, 2.75) is 126 Å². The fraction of sp³-hybridized carbons (Fsp3) is 0.548. The number of carbonyl (C=O) groups excluding carboxylic acids is 4. The molecule has 83 heavy (non-hydrogen) atoms. The predicted octanol–water partition coefficient (Wildman–Crippen LogP) is 5.28. The minimum atomic E-state index is -1.66. The molecule has 21 heteroatoms. The van der Waals surface area contributed by atoms with Crippen LogP contribution in [0.1, 0.15) is 74.9 Å². The number of piperazine rings is 2. The lowest BCUT2D eigenvalue weighted by molar-refractivity contribution is -0.141. The third-order valence-corrected chi connectivity index (χ3v) is 18.3. The van der Waals surface area contributed by atoms with Gasteiger partial charge in [-0.1, -0.05) is 48.5 Å². The van der Waals surface area contributed by atoms with Crippen molar-refractivity contribution in [2.24, 2.45) is 5.73 Å². The van der Waals surface area contributed by atoms with E-state index in [4.69, 9.17) is 15.2 Å². The number of ketones is 2. The first-order valence-electron chi connectivity index (χ1n) is 29.0. The average molecular weight is 1210 g/mol. The molecule has 11 atom stereocenters. The van der Waals surface area contributed by atoms with Gasteiger partial charge in [-0.15, -0.1) is 37.2 Å². The largest absolute Gasteiger partial charge is 0.383 e. The van der Waals surface area contributed by atoms with Crippen molar-refractivity contribution < 1.29 is 37.4 Å². The number of fused-ring (bicyclic) bond motifs is 2. The SMILES string of the molecule is CC(C(=O)C1(C(N)=O)CNc2cc(CC(Cc3ccc(F)cc3)NC(=O)C3(C(=O)C(C)N4C[C@@H](C)NC[C@@H]4CN4CCOC[C@H]4C)CNc4cc(Cc5ccc(F)cc5)ccc43)ccc21)N1C[C@@H](C)NC[C@@H]1CN1CCOC[C@H]1C.Cl.Cl.Cl. The highest BCUT2D eigenvalue weighted by Gasteiger charge is 2.56. The van der Waals surface area contributed by atoms with Crippen LogP contribution in [0.2, 0.25) is 0 Å². The van der Waals surface area contributed by atoms with E-state index in [0.29, 0.717) is 87.9 Å². The number of anilines is 2. The van der Waals surface area contributed by atoms with Gasteiger partial charge in [0.15, 0.2) is 22.4 Å². The first-order valence-corrected chi connectivity index (χ1v) is 29.0. The van der Waals surface area contributed by atoms with Crippen LogP contribution < -0.4 is 32.3 Å². The quantitative estimate of drug-likeness (QED) is 0.0667. The highest BCUT2D eigenvalue weighted by molar-refractivity contribution is 6.17. The van der Waals surface area contributed by atoms with Crippen LogP contribution in [-0.4, -0.2) is 189 Å². The first kappa shape index (κ1) is 65.7. The van der Waals surface area contributed by atoms with E-state index in [9.17, 15) is 13.6 Å². The normalized spacial score (nSPS) is 27.6. The van der Waals surface area contributed by atoms with E-state index in [1.54, 1.807) is 24.3 Å². The molecule has 6 aliphatic rings. The summed E-state index contributed by atoms with van der Waals surface area (Å²) < 4.78 is 39.9. The Morgan fingerprint density at radius 1 is 0.627 bits per heavy atom. The van der Waals surface area contributed by atoms with E-state index < -0.39 is 40.8 Å². The summed E-state index contributed by atoms with van der Waals surface area (Å²) in [6.07, 6.45) is 1.11. The zero-order valence-corrected chi connectivity index (χ0v) is 51.0. The number of nitrogens with zero attached hydrogens (tertiary/aromatic N) is 4. The van der Waals surface area contributed by atoms with E-state index in [-0.39, 0.29) is 116 Å². The van der Waals surface area contributed by atoms with E-state index in [1.165, 1.54) is 24.3 Å². The Morgan fingerprint density at radius 3 is 1.57 bits per heavy atom. The van der Waals surface area contributed by atoms with Gasteiger partial charge in [0.2, 0.25) is 11.8 Å². The molecule has 0 aromatic heterocycles. The Hall–Kier alpha value is -4.83. The summed E-state index contributed by atoms with van der Waals surface area (Å²) >= 11 is 0. The number of benzene rings is 4. The molecule has 5 unspecified atom stereocenters. The fourth-order valence-electron chi connectivity index (χ4n) is 13.6. The number of amides is 2. The second kappa shape index (κ2) is 28.1. The Kier molecular flexibility index (Phi) is 22.3. The van der Waals surface area contributed by atoms with Gasteiger partial charge in [-0.25, -0.2) is 8.78 Å². The van der Waals surface area contributed by atoms with Gasteiger partial charge < -0.3 is 41.8 Å². The smallest absolute Gasteiger partial charge is 0.240 e. The van der Waals surface area contributed by atoms with Crippen LogP contribution in [0.4, 0.5) is 20.2 Å². The van der Waals surface area contributed by atoms with Gasteiger partial charge in [0.1, 0.15) is 11.6 Å². The van der Waals surface area contributed by atoms with Crippen LogP contribution in [-0.2, 0) is 58.7 Å². The monoisotopic (exact) mass is 1210 g/mol. The van der Waals surface area contributed by atoms with Crippen molar-refractivity contribution >= 4 is 72.0 Å². The molecular formula is C62H85Cl3F2N10O6. The second-order valence-electron chi connectivity index (χ2n) is 23.9. The zero-order valence-electron chi connectivity index (χ0n) is 48.6. The minimum absolute atomic E-state index is 0. The molecule has 454 valence electrons. The molecule has 0 spiro atoms. The number of ether oxygens (including phenoxy) is 2. The van der Waals surface area contributed by atoms with Gasteiger partial charge in [-0.3, -0.25) is 38.8 Å². The summed E-state index contributed by atoms with van der Waals surface area (Å²) in [6.45, 7) is 20.7. The van der Waals surface area contributed by atoms with Crippen LogP contribution in [0.5, 0.6) is 0 Å². The lowest BCUT2D eigenvalue weighted by Crippen LogP contribution is -2.66. The summed E-state index contributed by atoms with van der Waals surface area (Å²) in [5.74, 6) is -2.34. The van der Waals surface area contributed by atoms with Crippen LogP contribution in [0.15, 0.2) is 84.9 Å². The Morgan fingerprint density at radius 2 is 1.06 bits per heavy atom. The fourth-order valence-corrected chi connectivity index (χ4v) is 13.6. The zero-order chi connectivity index (χ0) is 56.5. The van der Waals surface area contributed by atoms with Crippen molar-refractivity contribution in [1.82, 2.24) is 35.6 Å². The van der Waals surface area contributed by atoms with Crippen molar-refractivity contribution in [3.63, 3.8) is 0 Å². The minimum Gasteiger partial charge on any atom is -0.383 e. The van der Waals surface area contributed by atoms with Crippen LogP contribution >= 0.6 is 37.2 Å². The Labute approximate surface area is 506 Å². The molecular weight excluding hydrogens is 1130 g/mol. The summed E-state index contributed by atoms with van der Waals surface area (Å²) in [4.78, 5) is 70.2. The van der Waals surface area contributed by atoms with Crippen LogP contribution in [0.3, 0.4) is 0 Å². The Bertz CT molecular complexity index is 2900. The molecule has 4 aromatic carbocycles. The van der Waals surface area contributed by atoms with Crippen molar-refractivity contribution in [3.8, 4) is 0 Å². The molecule has 2 amide bonds. The van der Waals surface area contributed by atoms with Crippen molar-refractivity contribution in [3.05, 3.63) is 130 Å². The number of nitrogens with one attached hydrogen (secondary N) is 5. The van der Waals surface area contributed by atoms with Crippen LogP contribution in [0.25, 0.3) is 0 Å². The number of morpholine rings is 2. The number of hydrogen-bond donors (Lipinski definition) is 6. The number of hydrogen-bond acceptors (Lipinski definition) is 14. The third kappa shape index (κ3) is 13.9. The maximum atomic E-state index is 15.9. The maximum absolute atomic E-state index is 15.9. The van der Waals surface area contributed by atoms with Gasteiger partial charge >= 0.3 is 0 Å². The van der Waals surface area contributed by atoms with Crippen LogP contribution in [0, 0.1) is 11.6 Å². The molecule has 0 aliphatic carbocycles. The molecule has 4 saturated heterocycles. The van der Waals surface area contributed by atoms with E-state index in [0.717, 1.165) is 48.4 Å². The molecule has 6 heterocycles. The number of Topliss-reactive ketones (excluding diaryl/α,β-unsaturated/α-hetero) is 2. The second-order valence-corrected chi connectivity index (χ2v) is 23.9. The first-order chi connectivity index (χ1) is 38.4. The highest BCUT2D eigenvalue weighted by Crippen LogP contribution is 2.43.